The van der Waals surface area contributed by atoms with Gasteiger partial charge in [-0.3, -0.25) is 0 Å². The molecule has 0 fully saturated rings. The van der Waals surface area contributed by atoms with Gasteiger partial charge in [-0.05, 0) is 25.0 Å². The topological polar surface area (TPSA) is 46.2 Å². The van der Waals surface area contributed by atoms with Crippen molar-refractivity contribution in [3.63, 3.8) is 0 Å². The van der Waals surface area contributed by atoms with Crippen LogP contribution in [0, 0.1) is 0 Å². The van der Waals surface area contributed by atoms with Crippen LogP contribution in [0.5, 0.6) is 0 Å². The monoisotopic (exact) mass is 339 g/mol. The molecular weight excluding hydrogens is 320 g/mol. The maximum Gasteiger partial charge on any atom is 0.286 e. The highest BCUT2D eigenvalue weighted by Gasteiger charge is 2.33. The molecule has 1 N–H and O–H groups in total. The molecule has 0 amide bonds. The Bertz CT molecular complexity index is 742. The third kappa shape index (κ3) is 4.36. The molecule has 0 aromatic heterocycles. The molecule has 0 spiro atoms. The molecule has 0 saturated heterocycles. The number of hydrogen-bond acceptors (Lipinski definition) is 2. The van der Waals surface area contributed by atoms with Crippen LogP contribution in [-0.2, 0) is 15.9 Å². The van der Waals surface area contributed by atoms with Crippen LogP contribution >= 0.6 is 0 Å². The standard InChI is InChI=1S/C17H19F2NO2S/c1-13(2)23(21,22)20-12-17(18,19)16-10-8-15(9-11-16)14-6-4-3-5-7-14/h3-11,13,20H,12H2,1-2H3. The van der Waals surface area contributed by atoms with Crippen molar-refractivity contribution in [2.24, 2.45) is 0 Å². The third-order valence-corrected chi connectivity index (χ3v) is 5.32. The van der Waals surface area contributed by atoms with Gasteiger partial charge < -0.3 is 0 Å². The average molecular weight is 339 g/mol. The molecule has 0 atom stereocenters. The summed E-state index contributed by atoms with van der Waals surface area (Å²) in [4.78, 5) is 0. The van der Waals surface area contributed by atoms with Crippen LogP contribution in [0.15, 0.2) is 54.6 Å². The van der Waals surface area contributed by atoms with Crippen molar-refractivity contribution in [2.45, 2.75) is 25.0 Å². The van der Waals surface area contributed by atoms with Gasteiger partial charge in [0.2, 0.25) is 10.0 Å². The summed E-state index contributed by atoms with van der Waals surface area (Å²) in [6.07, 6.45) is 0. The van der Waals surface area contributed by atoms with E-state index in [1.54, 1.807) is 12.1 Å². The molecule has 124 valence electrons. The average Bonchev–Trinajstić information content (AvgIpc) is 2.54. The van der Waals surface area contributed by atoms with Gasteiger partial charge in [0.05, 0.1) is 11.8 Å². The Balaban J connectivity index is 2.14. The molecule has 0 aliphatic heterocycles. The van der Waals surface area contributed by atoms with E-state index in [2.05, 4.69) is 0 Å². The molecule has 0 unspecified atom stereocenters. The van der Waals surface area contributed by atoms with Crippen molar-refractivity contribution in [1.29, 1.82) is 0 Å². The molecule has 6 heteroatoms. The number of rotatable bonds is 6. The highest BCUT2D eigenvalue weighted by atomic mass is 32.2. The van der Waals surface area contributed by atoms with E-state index in [9.17, 15) is 17.2 Å². The third-order valence-electron chi connectivity index (χ3n) is 3.53. The van der Waals surface area contributed by atoms with E-state index in [1.165, 1.54) is 26.0 Å². The molecule has 0 radical (unpaired) electrons. The van der Waals surface area contributed by atoms with Crippen molar-refractivity contribution >= 4 is 10.0 Å². The molecule has 2 aromatic carbocycles. The van der Waals surface area contributed by atoms with Crippen molar-refractivity contribution in [3.05, 3.63) is 60.2 Å². The molecule has 0 bridgehead atoms. The van der Waals surface area contributed by atoms with Gasteiger partial charge in [0.15, 0.2) is 0 Å². The lowest BCUT2D eigenvalue weighted by atomic mass is 10.0. The fourth-order valence-corrected chi connectivity index (χ4v) is 2.71. The smallest absolute Gasteiger partial charge is 0.212 e. The minimum absolute atomic E-state index is 0.219. The first kappa shape index (κ1) is 17.6. The fraction of sp³-hybridized carbons (Fsp3) is 0.294. The molecule has 2 aromatic rings. The first-order chi connectivity index (χ1) is 10.7. The lowest BCUT2D eigenvalue weighted by molar-refractivity contribution is 0.00207. The van der Waals surface area contributed by atoms with Crippen LogP contribution in [0.3, 0.4) is 0 Å². The van der Waals surface area contributed by atoms with Gasteiger partial charge in [-0.2, -0.15) is 8.78 Å². The Morgan fingerprint density at radius 3 is 2.00 bits per heavy atom. The Kier molecular flexibility index (Phi) is 5.16. The number of hydrogen-bond donors (Lipinski definition) is 1. The van der Waals surface area contributed by atoms with Gasteiger partial charge >= 0.3 is 0 Å². The zero-order valence-corrected chi connectivity index (χ0v) is 13.8. The van der Waals surface area contributed by atoms with Gasteiger partial charge in [-0.25, -0.2) is 13.1 Å². The van der Waals surface area contributed by atoms with Gasteiger partial charge in [-0.15, -0.1) is 0 Å². The van der Waals surface area contributed by atoms with Crippen LogP contribution < -0.4 is 4.72 Å². The molecule has 2 rings (SSSR count). The minimum atomic E-state index is -3.72. The van der Waals surface area contributed by atoms with Crippen LogP contribution in [-0.4, -0.2) is 20.2 Å². The highest BCUT2D eigenvalue weighted by molar-refractivity contribution is 7.90. The van der Waals surface area contributed by atoms with E-state index in [4.69, 9.17) is 0 Å². The summed E-state index contributed by atoms with van der Waals surface area (Å²) >= 11 is 0. The van der Waals surface area contributed by atoms with Crippen molar-refractivity contribution in [2.75, 3.05) is 6.54 Å². The van der Waals surface area contributed by atoms with Crippen molar-refractivity contribution in [3.8, 4) is 11.1 Å². The van der Waals surface area contributed by atoms with E-state index >= 15 is 0 Å². The van der Waals surface area contributed by atoms with E-state index in [1.807, 2.05) is 35.1 Å². The second kappa shape index (κ2) is 6.76. The predicted octanol–water partition coefficient (Wildman–Crippen LogP) is 3.77. The molecule has 0 heterocycles. The summed E-state index contributed by atoms with van der Waals surface area (Å²) < 4.78 is 53.5. The normalized spacial score (nSPS) is 12.6. The lowest BCUT2D eigenvalue weighted by Gasteiger charge is -2.19. The Morgan fingerprint density at radius 2 is 1.48 bits per heavy atom. The maximum absolute atomic E-state index is 14.2. The Hall–Kier alpha value is -1.79. The quantitative estimate of drug-likeness (QED) is 0.871. The first-order valence-corrected chi connectivity index (χ1v) is 8.79. The van der Waals surface area contributed by atoms with E-state index in [-0.39, 0.29) is 5.56 Å². The number of halogens is 2. The second-order valence-electron chi connectivity index (χ2n) is 5.56. The molecule has 0 aliphatic rings. The van der Waals surface area contributed by atoms with E-state index < -0.39 is 27.7 Å². The van der Waals surface area contributed by atoms with Gasteiger partial charge in [-0.1, -0.05) is 54.6 Å². The maximum atomic E-state index is 14.2. The summed E-state index contributed by atoms with van der Waals surface area (Å²) in [5.41, 5.74) is 1.54. The minimum Gasteiger partial charge on any atom is -0.212 e. The zero-order valence-electron chi connectivity index (χ0n) is 13.0. The highest BCUT2D eigenvalue weighted by Crippen LogP contribution is 2.29. The SMILES string of the molecule is CC(C)S(=O)(=O)NCC(F)(F)c1ccc(-c2ccccc2)cc1. The first-order valence-electron chi connectivity index (χ1n) is 7.24. The van der Waals surface area contributed by atoms with Gasteiger partial charge in [0.25, 0.3) is 5.92 Å². The summed E-state index contributed by atoms with van der Waals surface area (Å²) in [5, 5.41) is -0.751. The van der Waals surface area contributed by atoms with Gasteiger partial charge in [0.1, 0.15) is 0 Å². The number of benzene rings is 2. The largest absolute Gasteiger partial charge is 0.286 e. The predicted molar refractivity (Wildman–Crippen MR) is 87.8 cm³/mol. The van der Waals surface area contributed by atoms with Crippen molar-refractivity contribution in [1.82, 2.24) is 4.72 Å². The van der Waals surface area contributed by atoms with E-state index in [0.29, 0.717) is 0 Å². The Labute approximate surface area is 135 Å². The number of alkyl halides is 2. The number of sulfonamides is 1. The molecule has 0 saturated carbocycles. The van der Waals surface area contributed by atoms with Gasteiger partial charge in [0, 0.05) is 5.56 Å². The zero-order chi connectivity index (χ0) is 17.1. The molecule has 3 nitrogen and oxygen atoms in total. The summed E-state index contributed by atoms with van der Waals surface area (Å²) in [7, 11) is -3.72. The summed E-state index contributed by atoms with van der Waals surface area (Å²) in [5.74, 6) is -3.27. The van der Waals surface area contributed by atoms with Crippen LogP contribution in [0.4, 0.5) is 8.78 Å². The van der Waals surface area contributed by atoms with Crippen LogP contribution in [0.2, 0.25) is 0 Å². The second-order valence-corrected chi connectivity index (χ2v) is 7.88. The van der Waals surface area contributed by atoms with Crippen LogP contribution in [0.1, 0.15) is 19.4 Å². The van der Waals surface area contributed by atoms with Crippen molar-refractivity contribution < 1.29 is 17.2 Å². The summed E-state index contributed by atoms with van der Waals surface area (Å²) in [6, 6.07) is 15.3. The van der Waals surface area contributed by atoms with E-state index in [0.717, 1.165) is 11.1 Å². The Morgan fingerprint density at radius 1 is 0.957 bits per heavy atom. The summed E-state index contributed by atoms with van der Waals surface area (Å²) in [6.45, 7) is 1.93. The molecular formula is C17H19F2NO2S. The lowest BCUT2D eigenvalue weighted by Crippen LogP contribution is -2.38. The fourth-order valence-electron chi connectivity index (χ4n) is 2.00. The number of nitrogens with one attached hydrogen (secondary N) is 1. The molecule has 0 aliphatic carbocycles. The molecule has 23 heavy (non-hydrogen) atoms. The van der Waals surface area contributed by atoms with Crippen LogP contribution in [0.25, 0.3) is 11.1 Å².